The summed E-state index contributed by atoms with van der Waals surface area (Å²) < 4.78 is 0. The average Bonchev–Trinajstić information content (AvgIpc) is 2.31. The van der Waals surface area contributed by atoms with Crippen molar-refractivity contribution < 1.29 is 22.4 Å². The molecular weight excluding hydrogens is 438 g/mol. The van der Waals surface area contributed by atoms with Gasteiger partial charge < -0.3 is 0 Å². The van der Waals surface area contributed by atoms with E-state index in [0.717, 1.165) is 21.7 Å². The number of aromatic nitrogens is 1. The third-order valence-corrected chi connectivity index (χ3v) is 3.29. The molecule has 1 aromatic heterocycles. The molecule has 4 heteroatoms. The summed E-state index contributed by atoms with van der Waals surface area (Å²) in [6, 6.07) is 14.0. The molecule has 0 fully saturated rings. The minimum absolute atomic E-state index is 0. The smallest absolute Gasteiger partial charge is 0.234 e. The Labute approximate surface area is 124 Å². The van der Waals surface area contributed by atoms with Crippen LogP contribution in [-0.2, 0) is 22.4 Å². The van der Waals surface area contributed by atoms with E-state index < -0.39 is 0 Å². The molecule has 0 aliphatic rings. The number of halogens is 2. The molecule has 86 valence electrons. The standard InChI is InChI=1S/C13H7Cl2N.Au/c14-11-7-9-6-5-8-3-1-2-4-10(8)12(9)16-13(11)15;/h1-7H;/q;+3. The maximum Gasteiger partial charge on any atom is 3.00 e. The van der Waals surface area contributed by atoms with Crippen molar-refractivity contribution in [3.63, 3.8) is 0 Å². The summed E-state index contributed by atoms with van der Waals surface area (Å²) in [5.41, 5.74) is 0.896. The van der Waals surface area contributed by atoms with E-state index in [0.29, 0.717) is 10.2 Å². The first-order valence-corrected chi connectivity index (χ1v) is 5.65. The maximum absolute atomic E-state index is 5.94. The summed E-state index contributed by atoms with van der Waals surface area (Å²) in [5.74, 6) is 0. The Bertz CT molecular complexity index is 697. The minimum atomic E-state index is 0. The van der Waals surface area contributed by atoms with Crippen LogP contribution in [0.3, 0.4) is 0 Å². The van der Waals surface area contributed by atoms with Gasteiger partial charge in [0.05, 0.1) is 10.5 Å². The molecule has 3 rings (SSSR count). The van der Waals surface area contributed by atoms with Crippen LogP contribution < -0.4 is 0 Å². The predicted octanol–water partition coefficient (Wildman–Crippen LogP) is 4.69. The normalized spacial score (nSPS) is 10.5. The SMILES string of the molecule is Clc1cc2ccc3ccccc3c2nc1Cl.[Au+3]. The van der Waals surface area contributed by atoms with Crippen molar-refractivity contribution in [1.29, 1.82) is 0 Å². The van der Waals surface area contributed by atoms with Crippen molar-refractivity contribution in [3.8, 4) is 0 Å². The summed E-state index contributed by atoms with van der Waals surface area (Å²) >= 11 is 11.9. The second-order valence-electron chi connectivity index (χ2n) is 3.62. The van der Waals surface area contributed by atoms with Gasteiger partial charge in [-0.2, -0.15) is 0 Å². The number of nitrogens with zero attached hydrogens (tertiary/aromatic N) is 1. The van der Waals surface area contributed by atoms with E-state index in [-0.39, 0.29) is 22.4 Å². The number of hydrogen-bond donors (Lipinski definition) is 0. The molecule has 0 radical (unpaired) electrons. The Kier molecular flexibility index (Phi) is 3.76. The Morgan fingerprint density at radius 1 is 0.882 bits per heavy atom. The number of rotatable bonds is 0. The molecule has 0 atom stereocenters. The minimum Gasteiger partial charge on any atom is -0.234 e. The molecule has 17 heavy (non-hydrogen) atoms. The van der Waals surface area contributed by atoms with Gasteiger partial charge in [-0.15, -0.1) is 0 Å². The fourth-order valence-electron chi connectivity index (χ4n) is 1.86. The van der Waals surface area contributed by atoms with Gasteiger partial charge >= 0.3 is 22.4 Å². The summed E-state index contributed by atoms with van der Waals surface area (Å²) in [6.45, 7) is 0. The molecule has 0 unspecified atom stereocenters. The van der Waals surface area contributed by atoms with Crippen LogP contribution in [0.25, 0.3) is 21.7 Å². The van der Waals surface area contributed by atoms with Gasteiger partial charge in [-0.3, -0.25) is 0 Å². The van der Waals surface area contributed by atoms with Crippen LogP contribution in [0, 0.1) is 0 Å². The third kappa shape index (κ3) is 2.22. The molecule has 0 aliphatic heterocycles. The van der Waals surface area contributed by atoms with E-state index >= 15 is 0 Å². The first-order chi connectivity index (χ1) is 7.75. The van der Waals surface area contributed by atoms with Crippen LogP contribution in [0.5, 0.6) is 0 Å². The Balaban J connectivity index is 0.00000108. The zero-order valence-corrected chi connectivity index (χ0v) is 12.2. The summed E-state index contributed by atoms with van der Waals surface area (Å²) in [6.07, 6.45) is 0. The molecular formula is C13H7AuCl2N+3. The fourth-order valence-corrected chi connectivity index (χ4v) is 2.16. The van der Waals surface area contributed by atoms with Crippen molar-refractivity contribution in [2.45, 2.75) is 0 Å². The monoisotopic (exact) mass is 444 g/mol. The van der Waals surface area contributed by atoms with Crippen LogP contribution in [0.15, 0.2) is 42.5 Å². The van der Waals surface area contributed by atoms with Crippen LogP contribution in [-0.4, -0.2) is 4.98 Å². The van der Waals surface area contributed by atoms with E-state index in [2.05, 4.69) is 17.1 Å². The average molecular weight is 445 g/mol. The van der Waals surface area contributed by atoms with E-state index in [1.807, 2.05) is 30.3 Å². The van der Waals surface area contributed by atoms with E-state index in [1.165, 1.54) is 0 Å². The van der Waals surface area contributed by atoms with Crippen molar-refractivity contribution >= 4 is 44.9 Å². The van der Waals surface area contributed by atoms with Crippen molar-refractivity contribution in [2.24, 2.45) is 0 Å². The molecule has 0 amide bonds. The predicted molar refractivity (Wildman–Crippen MR) is 69.3 cm³/mol. The summed E-state index contributed by atoms with van der Waals surface area (Å²) in [4.78, 5) is 4.34. The van der Waals surface area contributed by atoms with Gasteiger partial charge in [-0.05, 0) is 11.5 Å². The first kappa shape index (κ1) is 12.9. The van der Waals surface area contributed by atoms with Crippen LogP contribution >= 0.6 is 23.2 Å². The zero-order chi connectivity index (χ0) is 11.1. The zero-order valence-electron chi connectivity index (χ0n) is 8.55. The van der Waals surface area contributed by atoms with Gasteiger partial charge in [-0.25, -0.2) is 4.98 Å². The van der Waals surface area contributed by atoms with Gasteiger partial charge in [0.15, 0.2) is 0 Å². The van der Waals surface area contributed by atoms with E-state index in [9.17, 15) is 0 Å². The van der Waals surface area contributed by atoms with Crippen molar-refractivity contribution in [2.75, 3.05) is 0 Å². The van der Waals surface area contributed by atoms with E-state index in [4.69, 9.17) is 23.2 Å². The second kappa shape index (κ2) is 4.97. The van der Waals surface area contributed by atoms with Gasteiger partial charge in [0.25, 0.3) is 0 Å². The molecule has 0 aliphatic carbocycles. The fraction of sp³-hybridized carbons (Fsp3) is 0. The number of pyridine rings is 1. The first-order valence-electron chi connectivity index (χ1n) is 4.89. The summed E-state index contributed by atoms with van der Waals surface area (Å²) in [5, 5.41) is 4.10. The molecule has 0 bridgehead atoms. The largest absolute Gasteiger partial charge is 3.00 e. The van der Waals surface area contributed by atoms with Crippen LogP contribution in [0.1, 0.15) is 0 Å². The Morgan fingerprint density at radius 2 is 1.59 bits per heavy atom. The second-order valence-corrected chi connectivity index (χ2v) is 4.38. The maximum atomic E-state index is 5.94. The van der Waals surface area contributed by atoms with Crippen molar-refractivity contribution in [3.05, 3.63) is 52.6 Å². The number of fused-ring (bicyclic) bond motifs is 3. The topological polar surface area (TPSA) is 12.9 Å². The molecule has 0 N–H and O–H groups in total. The third-order valence-electron chi connectivity index (χ3n) is 2.62. The molecule has 2 aromatic carbocycles. The van der Waals surface area contributed by atoms with Gasteiger partial charge in [0.2, 0.25) is 0 Å². The molecule has 0 saturated carbocycles. The number of hydrogen-bond acceptors (Lipinski definition) is 1. The van der Waals surface area contributed by atoms with Gasteiger partial charge in [0.1, 0.15) is 5.15 Å². The summed E-state index contributed by atoms with van der Waals surface area (Å²) in [7, 11) is 0. The molecule has 0 spiro atoms. The molecule has 3 aromatic rings. The van der Waals surface area contributed by atoms with Crippen LogP contribution in [0.4, 0.5) is 0 Å². The van der Waals surface area contributed by atoms with Crippen molar-refractivity contribution in [1.82, 2.24) is 4.98 Å². The van der Waals surface area contributed by atoms with Crippen LogP contribution in [0.2, 0.25) is 10.2 Å². The van der Waals surface area contributed by atoms with E-state index in [1.54, 1.807) is 0 Å². The molecule has 1 heterocycles. The quantitative estimate of drug-likeness (QED) is 0.278. The van der Waals surface area contributed by atoms with Gasteiger partial charge in [-0.1, -0.05) is 59.6 Å². The Morgan fingerprint density at radius 3 is 2.41 bits per heavy atom. The molecule has 1 nitrogen and oxygen atoms in total. The Hall–Kier alpha value is -0.570. The van der Waals surface area contributed by atoms with Gasteiger partial charge in [0, 0.05) is 10.8 Å². The number of benzene rings is 2. The molecule has 0 saturated heterocycles.